The van der Waals surface area contributed by atoms with E-state index in [0.29, 0.717) is 22.1 Å². The third-order valence-corrected chi connectivity index (χ3v) is 9.58. The third-order valence-electron chi connectivity index (χ3n) is 6.52. The molecule has 42 heavy (non-hydrogen) atoms. The molecular weight excluding hydrogens is 591 g/mol. The Kier molecular flexibility index (Phi) is 8.08. The standard InChI is InChI=1S/C30H23N5O4S3/c36-28(33-29-32-23(17-41-29)19-7-5-9-21(15-19)35(38)39)18-40-22-10-6-8-20(16-22)31-30(37)34-24-11-1-3-13-26(24)42-27-14-4-2-12-25(27)34/h1-17,24,26H,18H2,(H,31,37)(H,32,33,36). The molecule has 0 fully saturated rings. The molecule has 1 aliphatic carbocycles. The number of urea groups is 1. The second-order valence-electron chi connectivity index (χ2n) is 9.32. The molecule has 0 saturated carbocycles. The number of para-hydroxylation sites is 1. The molecule has 0 radical (unpaired) electrons. The third kappa shape index (κ3) is 6.10. The normalized spacial score (nSPS) is 16.8. The van der Waals surface area contributed by atoms with Crippen molar-refractivity contribution < 1.29 is 14.5 Å². The average Bonchev–Trinajstić information content (AvgIpc) is 3.47. The van der Waals surface area contributed by atoms with Gasteiger partial charge in [-0.2, -0.15) is 0 Å². The van der Waals surface area contributed by atoms with Gasteiger partial charge in [-0.3, -0.25) is 19.8 Å². The Hall–Kier alpha value is -4.39. The van der Waals surface area contributed by atoms with Gasteiger partial charge in [0.15, 0.2) is 5.13 Å². The number of thioether (sulfide) groups is 2. The summed E-state index contributed by atoms with van der Waals surface area (Å²) in [7, 11) is 0. The van der Waals surface area contributed by atoms with Gasteiger partial charge in [0.05, 0.1) is 33.3 Å². The highest BCUT2D eigenvalue weighted by Crippen LogP contribution is 2.43. The van der Waals surface area contributed by atoms with Crippen LogP contribution >= 0.6 is 34.9 Å². The number of carbonyl (C=O) groups excluding carboxylic acids is 2. The van der Waals surface area contributed by atoms with Crippen molar-refractivity contribution in [1.29, 1.82) is 0 Å². The van der Waals surface area contributed by atoms with Gasteiger partial charge in [0.1, 0.15) is 0 Å². The van der Waals surface area contributed by atoms with Crippen LogP contribution in [0.5, 0.6) is 0 Å². The fourth-order valence-corrected chi connectivity index (χ4v) is 7.37. The van der Waals surface area contributed by atoms with Gasteiger partial charge in [0.2, 0.25) is 5.91 Å². The molecule has 0 bridgehead atoms. The van der Waals surface area contributed by atoms with Crippen LogP contribution in [0.25, 0.3) is 11.3 Å². The van der Waals surface area contributed by atoms with Crippen LogP contribution in [0, 0.1) is 10.1 Å². The molecule has 210 valence electrons. The predicted molar refractivity (Wildman–Crippen MR) is 170 cm³/mol. The molecule has 2 unspecified atom stereocenters. The number of allylic oxidation sites excluding steroid dienone is 2. The van der Waals surface area contributed by atoms with E-state index in [2.05, 4.69) is 21.7 Å². The van der Waals surface area contributed by atoms with Crippen molar-refractivity contribution in [2.24, 2.45) is 0 Å². The molecule has 0 saturated heterocycles. The maximum absolute atomic E-state index is 13.6. The summed E-state index contributed by atoms with van der Waals surface area (Å²) in [5.41, 5.74) is 2.64. The first kappa shape index (κ1) is 27.8. The number of carbonyl (C=O) groups is 2. The molecule has 2 atom stereocenters. The number of nitrogens with one attached hydrogen (secondary N) is 2. The number of amides is 3. The summed E-state index contributed by atoms with van der Waals surface area (Å²) >= 11 is 4.34. The zero-order valence-electron chi connectivity index (χ0n) is 21.9. The van der Waals surface area contributed by atoms with Crippen LogP contribution in [-0.4, -0.2) is 38.9 Å². The number of benzene rings is 3. The summed E-state index contributed by atoms with van der Waals surface area (Å²) in [6.07, 6.45) is 8.15. The van der Waals surface area contributed by atoms with Crippen molar-refractivity contribution in [1.82, 2.24) is 4.98 Å². The summed E-state index contributed by atoms with van der Waals surface area (Å²) in [5, 5.41) is 19.2. The molecule has 3 aromatic carbocycles. The van der Waals surface area contributed by atoms with Crippen LogP contribution in [0.2, 0.25) is 0 Å². The molecule has 2 aliphatic rings. The lowest BCUT2D eigenvalue weighted by molar-refractivity contribution is -0.384. The first-order chi connectivity index (χ1) is 20.4. The lowest BCUT2D eigenvalue weighted by atomic mass is 10.1. The molecule has 12 heteroatoms. The number of nitro benzene ring substituents is 1. The van der Waals surface area contributed by atoms with E-state index in [9.17, 15) is 19.7 Å². The summed E-state index contributed by atoms with van der Waals surface area (Å²) in [6.45, 7) is 0. The van der Waals surface area contributed by atoms with Crippen molar-refractivity contribution in [3.05, 3.63) is 113 Å². The zero-order valence-corrected chi connectivity index (χ0v) is 24.3. The summed E-state index contributed by atoms with van der Waals surface area (Å²) in [6, 6.07) is 21.2. The van der Waals surface area contributed by atoms with Gasteiger partial charge < -0.3 is 10.6 Å². The topological polar surface area (TPSA) is 117 Å². The first-order valence-electron chi connectivity index (χ1n) is 12.9. The number of non-ortho nitro benzene ring substituents is 1. The average molecular weight is 614 g/mol. The van der Waals surface area contributed by atoms with Crippen molar-refractivity contribution in [3.63, 3.8) is 0 Å². The van der Waals surface area contributed by atoms with E-state index in [0.717, 1.165) is 15.5 Å². The maximum atomic E-state index is 13.6. The largest absolute Gasteiger partial charge is 0.326 e. The molecule has 2 N–H and O–H groups in total. The fourth-order valence-electron chi connectivity index (χ4n) is 4.62. The van der Waals surface area contributed by atoms with Gasteiger partial charge in [-0.1, -0.05) is 54.6 Å². The smallest absolute Gasteiger partial charge is 0.307 e. The molecule has 9 nitrogen and oxygen atoms in total. The summed E-state index contributed by atoms with van der Waals surface area (Å²) in [4.78, 5) is 44.9. The van der Waals surface area contributed by atoms with Gasteiger partial charge >= 0.3 is 6.03 Å². The molecule has 2 heterocycles. The van der Waals surface area contributed by atoms with E-state index < -0.39 is 4.92 Å². The number of nitro groups is 1. The first-order valence-corrected chi connectivity index (χ1v) is 15.6. The molecule has 0 spiro atoms. The Balaban J connectivity index is 1.08. The quantitative estimate of drug-likeness (QED) is 0.126. The Morgan fingerprint density at radius 2 is 1.83 bits per heavy atom. The SMILES string of the molecule is O=C(CSc1cccc(NC(=O)N2c3ccccc3SC3C=CC=CC32)c1)Nc1nc(-c2cccc([N+](=O)[O-])c2)cs1. The molecular formula is C30H23N5O4S3. The number of fused-ring (bicyclic) bond motifs is 2. The highest BCUT2D eigenvalue weighted by Gasteiger charge is 2.36. The van der Waals surface area contributed by atoms with Gasteiger partial charge in [-0.05, 0) is 30.3 Å². The van der Waals surface area contributed by atoms with E-state index in [4.69, 9.17) is 0 Å². The van der Waals surface area contributed by atoms with E-state index in [-0.39, 0.29) is 34.7 Å². The number of aromatic nitrogens is 1. The highest BCUT2D eigenvalue weighted by atomic mass is 32.2. The fraction of sp³-hybridized carbons (Fsp3) is 0.100. The van der Waals surface area contributed by atoms with E-state index >= 15 is 0 Å². The molecule has 6 rings (SSSR count). The van der Waals surface area contributed by atoms with Crippen molar-refractivity contribution in [2.45, 2.75) is 21.1 Å². The maximum Gasteiger partial charge on any atom is 0.326 e. The van der Waals surface area contributed by atoms with Crippen molar-refractivity contribution >= 4 is 69.0 Å². The number of hydrogen-bond donors (Lipinski definition) is 2. The van der Waals surface area contributed by atoms with Crippen molar-refractivity contribution in [3.8, 4) is 11.3 Å². The van der Waals surface area contributed by atoms with Crippen LogP contribution in [0.15, 0.2) is 112 Å². The minimum Gasteiger partial charge on any atom is -0.307 e. The van der Waals surface area contributed by atoms with E-state index in [1.54, 1.807) is 34.2 Å². The molecule has 4 aromatic rings. The van der Waals surface area contributed by atoms with Gasteiger partial charge in [0.25, 0.3) is 5.69 Å². The predicted octanol–water partition coefficient (Wildman–Crippen LogP) is 7.46. The molecule has 3 amide bonds. The highest BCUT2D eigenvalue weighted by molar-refractivity contribution is 8.00. The molecule has 1 aromatic heterocycles. The van der Waals surface area contributed by atoms with Crippen LogP contribution in [0.1, 0.15) is 0 Å². The number of nitrogens with zero attached hydrogens (tertiary/aromatic N) is 3. The summed E-state index contributed by atoms with van der Waals surface area (Å²) < 4.78 is 0. The molecule has 1 aliphatic heterocycles. The zero-order chi connectivity index (χ0) is 29.1. The van der Waals surface area contributed by atoms with Crippen molar-refractivity contribution in [2.75, 3.05) is 21.3 Å². The minimum atomic E-state index is -0.455. The van der Waals surface area contributed by atoms with Gasteiger partial charge in [-0.15, -0.1) is 34.9 Å². The van der Waals surface area contributed by atoms with Gasteiger partial charge in [0, 0.05) is 38.6 Å². The Bertz CT molecular complexity index is 1740. The van der Waals surface area contributed by atoms with Crippen LogP contribution in [-0.2, 0) is 4.79 Å². The number of rotatable bonds is 7. The Labute approximate surface area is 253 Å². The van der Waals surface area contributed by atoms with Crippen LogP contribution in [0.4, 0.5) is 27.0 Å². The number of thiazole rings is 1. The van der Waals surface area contributed by atoms with Crippen LogP contribution < -0.4 is 15.5 Å². The lowest BCUT2D eigenvalue weighted by Crippen LogP contribution is -2.49. The number of anilines is 3. The van der Waals surface area contributed by atoms with E-state index in [1.807, 2.05) is 66.8 Å². The minimum absolute atomic E-state index is 0.0205. The number of hydrogen-bond acceptors (Lipinski definition) is 8. The Morgan fingerprint density at radius 3 is 2.71 bits per heavy atom. The monoisotopic (exact) mass is 613 g/mol. The second kappa shape index (κ2) is 12.2. The van der Waals surface area contributed by atoms with Gasteiger partial charge in [-0.25, -0.2) is 9.78 Å². The van der Waals surface area contributed by atoms with Crippen LogP contribution in [0.3, 0.4) is 0 Å². The van der Waals surface area contributed by atoms with E-state index in [1.165, 1.54) is 35.2 Å². The Morgan fingerprint density at radius 1 is 1.00 bits per heavy atom. The second-order valence-corrected chi connectivity index (χ2v) is 12.4. The lowest BCUT2D eigenvalue weighted by Gasteiger charge is -2.40. The summed E-state index contributed by atoms with van der Waals surface area (Å²) in [5.74, 6) is -0.0965.